The van der Waals surface area contributed by atoms with Crippen molar-refractivity contribution < 1.29 is 68.1 Å². The van der Waals surface area contributed by atoms with E-state index in [1.54, 1.807) is 123 Å². The molecule has 0 aliphatic carbocycles. The van der Waals surface area contributed by atoms with E-state index in [-0.39, 0.29) is 67.6 Å². The van der Waals surface area contributed by atoms with Gasteiger partial charge < -0.3 is 62.5 Å². The maximum atomic E-state index is 13.7. The Morgan fingerprint density at radius 3 is 0.972 bits per heavy atom. The lowest BCUT2D eigenvalue weighted by molar-refractivity contribution is -0.138. The first kappa shape index (κ1) is 79.4. The van der Waals surface area contributed by atoms with Crippen LogP contribution in [-0.4, -0.2) is 105 Å². The van der Waals surface area contributed by atoms with Gasteiger partial charge in [0.2, 0.25) is 0 Å². The van der Waals surface area contributed by atoms with Crippen LogP contribution < -0.4 is 62.5 Å². The molecule has 12 aromatic rings. The number of halogens is 10. The molecule has 0 radical (unpaired) electrons. The van der Waals surface area contributed by atoms with Crippen molar-refractivity contribution >= 4 is 92.1 Å². The fourth-order valence-corrected chi connectivity index (χ4v) is 10.3. The summed E-state index contributed by atoms with van der Waals surface area (Å²) in [6, 6.07) is 38.4. The number of aromatic nitrogens is 9. The van der Waals surface area contributed by atoms with Crippen LogP contribution in [0.15, 0.2) is 220 Å². The highest BCUT2D eigenvalue weighted by Crippen LogP contribution is 2.43. The fourth-order valence-electron chi connectivity index (χ4n) is 10.1. The molecule has 0 atom stereocenters. The molecule has 0 unspecified atom stereocenters. The number of benzene rings is 6. The minimum absolute atomic E-state index is 0.0899. The summed E-state index contributed by atoms with van der Waals surface area (Å²) < 4.78 is 138. The maximum absolute atomic E-state index is 13.7. The van der Waals surface area contributed by atoms with Gasteiger partial charge in [0, 0.05) is 106 Å². The number of hydrogen-bond acceptors (Lipinski definition) is 21. The van der Waals surface area contributed by atoms with Gasteiger partial charge in [-0.15, -0.1) is 0 Å². The second-order valence-electron chi connectivity index (χ2n) is 22.4. The van der Waals surface area contributed by atoms with Crippen LogP contribution in [0.1, 0.15) is 47.8 Å². The molecule has 12 rings (SSSR count). The van der Waals surface area contributed by atoms with Crippen molar-refractivity contribution in [3.8, 4) is 50.6 Å². The second kappa shape index (κ2) is 36.3. The molecule has 0 fully saturated rings. The average molecular weight is 1520 g/mol. The molecule has 6 heterocycles. The number of carbonyl (C=O) groups is 3. The first-order valence-electron chi connectivity index (χ1n) is 31.9. The number of alkyl halides is 9. The van der Waals surface area contributed by atoms with Crippen LogP contribution in [0.4, 0.5) is 102 Å². The Bertz CT molecular complexity index is 4920. The van der Waals surface area contributed by atoms with Gasteiger partial charge in [-0.3, -0.25) is 14.4 Å². The van der Waals surface area contributed by atoms with Crippen molar-refractivity contribution in [3.63, 3.8) is 0 Å². The molecule has 0 aliphatic heterocycles. The number of carbonyl (C=O) groups excluding carboxylic acids is 3. The van der Waals surface area contributed by atoms with Gasteiger partial charge in [-0.2, -0.15) is 39.5 Å². The highest BCUT2D eigenvalue weighted by Gasteiger charge is 2.37. The van der Waals surface area contributed by atoms with Crippen molar-refractivity contribution in [1.82, 2.24) is 60.8 Å². The fraction of sp³-hybridized carbons (Fsp3) is 0.120. The van der Waals surface area contributed by atoms with Crippen LogP contribution in [0.3, 0.4) is 0 Å². The van der Waals surface area contributed by atoms with Gasteiger partial charge in [0.1, 0.15) is 53.0 Å². The van der Waals surface area contributed by atoms with Crippen LogP contribution in [0.5, 0.6) is 17.2 Å². The quantitative estimate of drug-likeness (QED) is 0.0206. The van der Waals surface area contributed by atoms with E-state index in [0.717, 1.165) is 51.8 Å². The number of nitrogen functional groups attached to an aromatic ring is 1. The zero-order chi connectivity index (χ0) is 78.4. The zero-order valence-electron chi connectivity index (χ0n) is 58.1. The van der Waals surface area contributed by atoms with Crippen LogP contribution in [-0.2, 0) is 18.5 Å². The lowest BCUT2D eigenvalue weighted by Gasteiger charge is -2.18. The first-order chi connectivity index (χ1) is 52.2. The molecule has 0 bridgehead atoms. The largest absolute Gasteiger partial charge is 0.495 e. The molecule has 34 heteroatoms. The zero-order valence-corrected chi connectivity index (χ0v) is 58.9. The van der Waals surface area contributed by atoms with Gasteiger partial charge in [-0.1, -0.05) is 66.2 Å². The molecule has 0 spiro atoms. The van der Waals surface area contributed by atoms with E-state index in [9.17, 15) is 53.9 Å². The summed E-state index contributed by atoms with van der Waals surface area (Å²) in [4.78, 5) is 71.4. The van der Waals surface area contributed by atoms with Crippen molar-refractivity contribution in [2.45, 2.75) is 18.5 Å². The Morgan fingerprint density at radius 1 is 0.349 bits per heavy atom. The number of rotatable bonds is 19. The summed E-state index contributed by atoms with van der Waals surface area (Å²) in [7, 11) is 8.88. The van der Waals surface area contributed by atoms with Crippen LogP contribution in [0.2, 0.25) is 5.15 Å². The topological polar surface area (TPSA) is 317 Å². The lowest BCUT2D eigenvalue weighted by atomic mass is 10.1. The summed E-state index contributed by atoms with van der Waals surface area (Å²) >= 11 is 5.67. The van der Waals surface area contributed by atoms with Crippen molar-refractivity contribution in [2.24, 2.45) is 0 Å². The van der Waals surface area contributed by atoms with Crippen molar-refractivity contribution in [1.29, 1.82) is 0 Å². The monoisotopic (exact) mass is 1520 g/mol. The number of amides is 3. The summed E-state index contributed by atoms with van der Waals surface area (Å²) in [6.07, 6.45) is 2.62. The van der Waals surface area contributed by atoms with E-state index in [4.69, 9.17) is 31.5 Å². The third-order valence-electron chi connectivity index (χ3n) is 15.4. The van der Waals surface area contributed by atoms with Gasteiger partial charge in [0.05, 0.1) is 106 Å². The number of methoxy groups -OCH3 is 3. The highest BCUT2D eigenvalue weighted by atomic mass is 35.5. The number of nitrogens with two attached hydrogens (primary N) is 1. The number of nitrogens with one attached hydrogen (secondary N) is 8. The highest BCUT2D eigenvalue weighted by molar-refractivity contribution is 6.29. The van der Waals surface area contributed by atoms with Crippen molar-refractivity contribution in [3.05, 3.63) is 259 Å². The van der Waals surface area contributed by atoms with Gasteiger partial charge in [-0.25, -0.2) is 44.9 Å². The second-order valence-corrected chi connectivity index (χ2v) is 22.8. The molecule has 109 heavy (non-hydrogen) atoms. The number of ether oxygens (including phenoxy) is 3. The molecular weight excluding hydrogens is 1460 g/mol. The molecule has 24 nitrogen and oxygen atoms in total. The number of nitrogens with zero attached hydrogens (tertiary/aromatic N) is 9. The van der Waals surface area contributed by atoms with Gasteiger partial charge in [0.15, 0.2) is 0 Å². The molecular formula is C75H64ClF9N18O6. The van der Waals surface area contributed by atoms with Crippen LogP contribution in [0, 0.1) is 0 Å². The number of hydrogen-bond donors (Lipinski definition) is 9. The van der Waals surface area contributed by atoms with Crippen LogP contribution >= 0.6 is 11.6 Å². The number of anilines is 11. The van der Waals surface area contributed by atoms with E-state index < -0.39 is 52.9 Å². The molecule has 0 saturated carbocycles. The Labute approximate surface area is 621 Å². The van der Waals surface area contributed by atoms with Gasteiger partial charge >= 0.3 is 18.5 Å². The minimum atomic E-state index is -4.67. The van der Waals surface area contributed by atoms with E-state index >= 15 is 0 Å². The molecule has 0 saturated heterocycles. The van der Waals surface area contributed by atoms with Crippen molar-refractivity contribution in [2.75, 3.05) is 74.8 Å². The van der Waals surface area contributed by atoms with Gasteiger partial charge in [-0.05, 0) is 95.6 Å². The molecule has 6 aromatic carbocycles. The predicted molar refractivity (Wildman–Crippen MR) is 395 cm³/mol. The van der Waals surface area contributed by atoms with E-state index in [1.165, 1.54) is 103 Å². The summed E-state index contributed by atoms with van der Waals surface area (Å²) in [5.41, 5.74) is 9.92. The van der Waals surface area contributed by atoms with Gasteiger partial charge in [0.25, 0.3) is 17.7 Å². The van der Waals surface area contributed by atoms with Crippen LogP contribution in [0.25, 0.3) is 33.4 Å². The Kier molecular flexibility index (Phi) is 26.5. The Morgan fingerprint density at radius 2 is 0.651 bits per heavy atom. The average Bonchev–Trinajstić information content (AvgIpc) is 0.811. The third-order valence-corrected chi connectivity index (χ3v) is 15.6. The molecule has 0 aliphatic rings. The normalized spacial score (nSPS) is 10.9. The Hall–Kier alpha value is -13.7. The van der Waals surface area contributed by atoms with E-state index in [2.05, 4.69) is 87.4 Å². The van der Waals surface area contributed by atoms with E-state index in [0.29, 0.717) is 40.5 Å². The summed E-state index contributed by atoms with van der Waals surface area (Å²) in [5.74, 6) is 0.526. The maximum Gasteiger partial charge on any atom is 0.419 e. The number of para-hydroxylation sites is 3. The molecule has 6 aromatic heterocycles. The molecule has 3 amide bonds. The number of pyridine rings is 3. The smallest absolute Gasteiger partial charge is 0.419 e. The molecule has 560 valence electrons. The SMILES string of the molecule is CNC(=O)c1ccccc1Nc1cc(Cl)ncc1C(F)(F)F.CNC(=O)c1ccccc1Nc1cc(Nc2ccc(-c3cncnc3)cc2OC)ncc1C(F)(F)F.CNC(=O)c1ccccc1Nc1cc(Nc2ccc(-c3cncnc3)cc2OC)ncc1C(F)(F)F.COc1cc(-c2cncnc2)ccc1N. The van der Waals surface area contributed by atoms with E-state index in [1.807, 2.05) is 12.1 Å². The predicted octanol–water partition coefficient (Wildman–Crippen LogP) is 16.4. The minimum Gasteiger partial charge on any atom is -0.495 e. The lowest BCUT2D eigenvalue weighted by Crippen LogP contribution is -2.19. The standard InChI is InChI=1S/2C25H21F3N6O2.C14H11ClF3N3O.C11H11N3O/c2*1-29-24(35)17-5-3-4-6-19(17)33-21-10-23(32-13-18(21)25(26,27)28)34-20-8-7-15(9-22(20)36-2)16-11-30-14-31-12-16;1-19-13(22)8-4-2-3-5-10(8)21-11-6-12(15)20-7-9(11)14(16,17)18;1-15-11-4-8(2-3-10(11)12)9-5-13-7-14-6-9/h2*3-14H,1-2H3,(H,29,35)(H2,32,33,34);2-7H,1H3,(H,19,22)(H,20,21);2-7H,12H2,1H3. The Balaban J connectivity index is 0.000000176. The third kappa shape index (κ3) is 21.1. The summed E-state index contributed by atoms with van der Waals surface area (Å²) in [5, 5.41) is 21.4. The first-order valence-corrected chi connectivity index (χ1v) is 32.3. The summed E-state index contributed by atoms with van der Waals surface area (Å²) in [6.45, 7) is 0. The molecule has 10 N–H and O–H groups in total.